The molecule has 0 radical (unpaired) electrons. The van der Waals surface area contributed by atoms with Gasteiger partial charge in [-0.25, -0.2) is 0 Å². The molecule has 68 valence electrons. The first-order valence-corrected chi connectivity index (χ1v) is 4.74. The van der Waals surface area contributed by atoms with Crippen LogP contribution in [-0.4, -0.2) is 9.59 Å². The molecule has 1 atom stereocenters. The molecule has 0 saturated heterocycles. The summed E-state index contributed by atoms with van der Waals surface area (Å²) in [7, 11) is 0. The smallest absolute Gasteiger partial charge is 0.0772 e. The van der Waals surface area contributed by atoms with E-state index in [0.29, 0.717) is 0 Å². The van der Waals surface area contributed by atoms with E-state index >= 15 is 0 Å². The molecule has 4 heteroatoms. The number of aryl methyl sites for hydroxylation is 1. The van der Waals surface area contributed by atoms with Crippen LogP contribution in [0.15, 0.2) is 0 Å². The summed E-state index contributed by atoms with van der Waals surface area (Å²) in [5.74, 6) is 0. The molecule has 0 aliphatic rings. The summed E-state index contributed by atoms with van der Waals surface area (Å²) in [5, 5.41) is 3.94. The molecule has 0 fully saturated rings. The quantitative estimate of drug-likeness (QED) is 0.727. The van der Waals surface area contributed by atoms with Crippen molar-refractivity contribution in [2.45, 2.75) is 33.7 Å². The molecule has 1 aromatic heterocycles. The number of nitrogens with zero attached hydrogens (tertiary/aromatic N) is 2. The second-order valence-corrected chi connectivity index (χ2v) is 4.85. The van der Waals surface area contributed by atoms with Gasteiger partial charge in [0.25, 0.3) is 0 Å². The molecule has 0 aromatic carbocycles. The van der Waals surface area contributed by atoms with E-state index in [2.05, 4.69) is 30.4 Å². The van der Waals surface area contributed by atoms with Crippen molar-refractivity contribution in [1.29, 1.82) is 0 Å². The van der Waals surface area contributed by atoms with E-state index in [1.807, 2.05) is 6.92 Å². The van der Waals surface area contributed by atoms with Gasteiger partial charge in [-0.1, -0.05) is 25.3 Å². The number of hydrogen-bond acceptors (Lipinski definition) is 4. The van der Waals surface area contributed by atoms with E-state index in [0.717, 1.165) is 10.6 Å². The normalized spacial score (nSPS) is 14.8. The van der Waals surface area contributed by atoms with Gasteiger partial charge in [0.05, 0.1) is 10.6 Å². The molecular weight excluding hydrogens is 170 g/mol. The monoisotopic (exact) mass is 185 g/mol. The van der Waals surface area contributed by atoms with E-state index in [9.17, 15) is 0 Å². The molecular formula is C8H15N3S. The van der Waals surface area contributed by atoms with E-state index in [4.69, 9.17) is 5.73 Å². The number of hydrogen-bond donors (Lipinski definition) is 1. The molecule has 2 N–H and O–H groups in total. The third-order valence-corrected chi connectivity index (χ3v) is 2.81. The fourth-order valence-electron chi connectivity index (χ4n) is 0.916. The molecule has 12 heavy (non-hydrogen) atoms. The van der Waals surface area contributed by atoms with Gasteiger partial charge in [0.15, 0.2) is 0 Å². The van der Waals surface area contributed by atoms with Crippen LogP contribution in [0, 0.1) is 12.3 Å². The number of aromatic nitrogens is 2. The van der Waals surface area contributed by atoms with E-state index in [1.165, 1.54) is 11.5 Å². The maximum atomic E-state index is 6.05. The van der Waals surface area contributed by atoms with E-state index in [-0.39, 0.29) is 11.5 Å². The first-order valence-electron chi connectivity index (χ1n) is 3.97. The Morgan fingerprint density at radius 1 is 1.42 bits per heavy atom. The lowest BCUT2D eigenvalue weighted by atomic mass is 9.86. The Labute approximate surface area is 77.2 Å². The Kier molecular flexibility index (Phi) is 2.49. The van der Waals surface area contributed by atoms with Gasteiger partial charge < -0.3 is 5.73 Å². The molecule has 0 aliphatic carbocycles. The highest BCUT2D eigenvalue weighted by Crippen LogP contribution is 2.33. The molecule has 0 bridgehead atoms. The summed E-state index contributed by atoms with van der Waals surface area (Å²) in [4.78, 5) is 1.10. The third-order valence-electron chi connectivity index (χ3n) is 1.90. The highest BCUT2D eigenvalue weighted by atomic mass is 32.1. The molecule has 0 saturated carbocycles. The summed E-state index contributed by atoms with van der Waals surface area (Å²) >= 11 is 1.40. The van der Waals surface area contributed by atoms with Crippen LogP contribution in [0.25, 0.3) is 0 Å². The topological polar surface area (TPSA) is 51.8 Å². The van der Waals surface area contributed by atoms with Gasteiger partial charge in [0.1, 0.15) is 0 Å². The molecule has 3 nitrogen and oxygen atoms in total. The number of rotatable bonds is 1. The van der Waals surface area contributed by atoms with Crippen molar-refractivity contribution in [3.63, 3.8) is 0 Å². The van der Waals surface area contributed by atoms with Crippen molar-refractivity contribution in [3.8, 4) is 0 Å². The van der Waals surface area contributed by atoms with Gasteiger partial charge in [0.2, 0.25) is 0 Å². The Morgan fingerprint density at radius 3 is 2.33 bits per heavy atom. The van der Waals surface area contributed by atoms with Gasteiger partial charge in [-0.05, 0) is 23.9 Å². The fraction of sp³-hybridized carbons (Fsp3) is 0.750. The van der Waals surface area contributed by atoms with Crippen molar-refractivity contribution >= 4 is 11.5 Å². The Morgan fingerprint density at radius 2 is 2.00 bits per heavy atom. The lowest BCUT2D eigenvalue weighted by molar-refractivity contribution is 0.330. The summed E-state index contributed by atoms with van der Waals surface area (Å²) in [6.07, 6.45) is 0. The van der Waals surface area contributed by atoms with Crippen LogP contribution in [0.5, 0.6) is 0 Å². The predicted molar refractivity (Wildman–Crippen MR) is 51.0 cm³/mol. The van der Waals surface area contributed by atoms with Crippen LogP contribution >= 0.6 is 11.5 Å². The minimum absolute atomic E-state index is 0.0394. The Balaban J connectivity index is 2.92. The third kappa shape index (κ3) is 1.81. The standard InChI is InChI=1S/C8H15N3S/c1-5-6(12-11-10-5)7(9)8(2,3)4/h7H,9H2,1-4H3. The molecule has 0 aliphatic heterocycles. The van der Waals surface area contributed by atoms with Gasteiger partial charge in [-0.2, -0.15) is 0 Å². The zero-order chi connectivity index (χ0) is 9.35. The van der Waals surface area contributed by atoms with Gasteiger partial charge in [0, 0.05) is 6.04 Å². The largest absolute Gasteiger partial charge is 0.323 e. The highest BCUT2D eigenvalue weighted by Gasteiger charge is 2.25. The van der Waals surface area contributed by atoms with Crippen LogP contribution in [0.1, 0.15) is 37.4 Å². The average Bonchev–Trinajstić information content (AvgIpc) is 2.31. The maximum Gasteiger partial charge on any atom is 0.0772 e. The van der Waals surface area contributed by atoms with Crippen molar-refractivity contribution < 1.29 is 0 Å². The average molecular weight is 185 g/mol. The molecule has 1 heterocycles. The molecule has 0 amide bonds. The minimum atomic E-state index is 0.0394. The van der Waals surface area contributed by atoms with Gasteiger partial charge in [-0.15, -0.1) is 5.10 Å². The Bertz CT molecular complexity index is 262. The molecule has 1 unspecified atom stereocenters. The van der Waals surface area contributed by atoms with Crippen LogP contribution in [0.2, 0.25) is 0 Å². The molecule has 1 aromatic rings. The summed E-state index contributed by atoms with van der Waals surface area (Å²) in [6, 6.07) is 0.0394. The SMILES string of the molecule is Cc1nnsc1C(N)C(C)(C)C. The molecule has 1 rings (SSSR count). The van der Waals surface area contributed by atoms with Gasteiger partial charge >= 0.3 is 0 Å². The fourth-order valence-corrected chi connectivity index (χ4v) is 1.81. The van der Waals surface area contributed by atoms with Crippen molar-refractivity contribution in [2.75, 3.05) is 0 Å². The Hall–Kier alpha value is -0.480. The number of nitrogens with two attached hydrogens (primary N) is 1. The zero-order valence-corrected chi connectivity index (χ0v) is 8.77. The van der Waals surface area contributed by atoms with Gasteiger partial charge in [-0.3, -0.25) is 0 Å². The second-order valence-electron chi connectivity index (χ2n) is 4.07. The lowest BCUT2D eigenvalue weighted by Gasteiger charge is -2.25. The predicted octanol–water partition coefficient (Wildman–Crippen LogP) is 1.89. The van der Waals surface area contributed by atoms with Crippen molar-refractivity contribution in [2.24, 2.45) is 11.1 Å². The van der Waals surface area contributed by atoms with Crippen molar-refractivity contribution in [1.82, 2.24) is 9.59 Å². The maximum absolute atomic E-state index is 6.05. The minimum Gasteiger partial charge on any atom is -0.323 e. The summed E-state index contributed by atoms with van der Waals surface area (Å²) in [5.41, 5.74) is 7.09. The lowest BCUT2D eigenvalue weighted by Crippen LogP contribution is -2.25. The zero-order valence-electron chi connectivity index (χ0n) is 7.96. The first kappa shape index (κ1) is 9.61. The van der Waals surface area contributed by atoms with Crippen LogP contribution in [-0.2, 0) is 0 Å². The van der Waals surface area contributed by atoms with Crippen LogP contribution in [0.4, 0.5) is 0 Å². The highest BCUT2D eigenvalue weighted by molar-refractivity contribution is 7.05. The summed E-state index contributed by atoms with van der Waals surface area (Å²) in [6.45, 7) is 8.31. The van der Waals surface area contributed by atoms with E-state index in [1.54, 1.807) is 0 Å². The second kappa shape index (κ2) is 3.11. The van der Waals surface area contributed by atoms with Crippen molar-refractivity contribution in [3.05, 3.63) is 10.6 Å². The van der Waals surface area contributed by atoms with E-state index < -0.39 is 0 Å². The van der Waals surface area contributed by atoms with Crippen LogP contribution in [0.3, 0.4) is 0 Å². The summed E-state index contributed by atoms with van der Waals surface area (Å²) < 4.78 is 3.87. The van der Waals surface area contributed by atoms with Crippen LogP contribution < -0.4 is 5.73 Å². The first-order chi connectivity index (χ1) is 5.43. The molecule has 0 spiro atoms.